The summed E-state index contributed by atoms with van der Waals surface area (Å²) in [6, 6.07) is 10.9. The van der Waals surface area contributed by atoms with Crippen LogP contribution in [0.3, 0.4) is 0 Å². The van der Waals surface area contributed by atoms with E-state index in [0.29, 0.717) is 18.9 Å². The molecule has 1 fully saturated rings. The minimum absolute atomic E-state index is 0.416. The van der Waals surface area contributed by atoms with Gasteiger partial charge in [0.05, 0.1) is 0 Å². The fourth-order valence-corrected chi connectivity index (χ4v) is 3.96. The van der Waals surface area contributed by atoms with E-state index in [2.05, 4.69) is 41.9 Å². The Balaban J connectivity index is 1.50. The molecule has 1 aliphatic heterocycles. The SMILES string of the molecule is CCCCCc1cc(CCN2CCN(c3cccc(C(F)(F)F)n3)CC2)ccc1C. The van der Waals surface area contributed by atoms with E-state index in [-0.39, 0.29) is 0 Å². The van der Waals surface area contributed by atoms with Crippen molar-refractivity contribution in [2.45, 2.75) is 52.1 Å². The van der Waals surface area contributed by atoms with E-state index in [1.807, 2.05) is 4.90 Å². The first-order chi connectivity index (χ1) is 14.4. The fourth-order valence-electron chi connectivity index (χ4n) is 3.96. The molecule has 0 bridgehead atoms. The Bertz CT molecular complexity index is 812. The van der Waals surface area contributed by atoms with Gasteiger partial charge in [-0.3, -0.25) is 4.90 Å². The molecule has 6 heteroatoms. The summed E-state index contributed by atoms with van der Waals surface area (Å²) < 4.78 is 38.7. The molecule has 0 aliphatic carbocycles. The lowest BCUT2D eigenvalue weighted by molar-refractivity contribution is -0.141. The van der Waals surface area contributed by atoms with Gasteiger partial charge in [0.15, 0.2) is 0 Å². The van der Waals surface area contributed by atoms with E-state index in [1.165, 1.54) is 42.0 Å². The zero-order valence-electron chi connectivity index (χ0n) is 18.0. The standard InChI is InChI=1S/C24H32F3N3/c1-3-4-5-7-21-18-20(11-10-19(21)2)12-13-29-14-16-30(17-15-29)23-9-6-8-22(28-23)24(25,26)27/h6,8-11,18H,3-5,7,12-17H2,1-2H3. The van der Waals surface area contributed by atoms with Crippen LogP contribution in [0, 0.1) is 6.92 Å². The minimum Gasteiger partial charge on any atom is -0.354 e. The maximum atomic E-state index is 12.9. The number of alkyl halides is 3. The Morgan fingerprint density at radius 1 is 0.967 bits per heavy atom. The number of piperazine rings is 1. The molecule has 2 aromatic rings. The highest BCUT2D eigenvalue weighted by atomic mass is 19.4. The number of rotatable bonds is 8. The summed E-state index contributed by atoms with van der Waals surface area (Å²) >= 11 is 0. The molecule has 0 amide bonds. The highest BCUT2D eigenvalue weighted by Crippen LogP contribution is 2.29. The number of aromatic nitrogens is 1. The van der Waals surface area contributed by atoms with Gasteiger partial charge in [0, 0.05) is 32.7 Å². The molecule has 164 valence electrons. The highest BCUT2D eigenvalue weighted by molar-refractivity contribution is 5.40. The Labute approximate surface area is 177 Å². The predicted molar refractivity (Wildman–Crippen MR) is 116 cm³/mol. The van der Waals surface area contributed by atoms with E-state index < -0.39 is 11.9 Å². The average molecular weight is 420 g/mol. The number of anilines is 1. The second-order valence-electron chi connectivity index (χ2n) is 8.18. The third kappa shape index (κ3) is 6.21. The molecule has 3 rings (SSSR count). The van der Waals surface area contributed by atoms with Gasteiger partial charge < -0.3 is 4.90 Å². The van der Waals surface area contributed by atoms with Crippen LogP contribution >= 0.6 is 0 Å². The van der Waals surface area contributed by atoms with E-state index in [1.54, 1.807) is 6.07 Å². The summed E-state index contributed by atoms with van der Waals surface area (Å²) in [7, 11) is 0. The molecule has 0 atom stereocenters. The van der Waals surface area contributed by atoms with Crippen molar-refractivity contribution in [2.24, 2.45) is 0 Å². The topological polar surface area (TPSA) is 19.4 Å². The number of unbranched alkanes of at least 4 members (excludes halogenated alkanes) is 2. The zero-order chi connectivity index (χ0) is 21.6. The van der Waals surface area contributed by atoms with Crippen molar-refractivity contribution in [3.63, 3.8) is 0 Å². The number of halogens is 3. The van der Waals surface area contributed by atoms with E-state index in [0.717, 1.165) is 38.5 Å². The monoisotopic (exact) mass is 419 g/mol. The van der Waals surface area contributed by atoms with Gasteiger partial charge in [-0.05, 0) is 55.0 Å². The first kappa shape index (κ1) is 22.6. The van der Waals surface area contributed by atoms with Crippen LogP contribution in [0.5, 0.6) is 0 Å². The summed E-state index contributed by atoms with van der Waals surface area (Å²) in [5.41, 5.74) is 3.38. The largest absolute Gasteiger partial charge is 0.433 e. The minimum atomic E-state index is -4.40. The number of hydrogen-bond donors (Lipinski definition) is 0. The van der Waals surface area contributed by atoms with E-state index >= 15 is 0 Å². The predicted octanol–water partition coefficient (Wildman–Crippen LogP) is 5.51. The molecule has 3 nitrogen and oxygen atoms in total. The third-order valence-corrected chi connectivity index (χ3v) is 5.90. The van der Waals surface area contributed by atoms with Crippen molar-refractivity contribution in [2.75, 3.05) is 37.6 Å². The molecule has 1 aromatic heterocycles. The second-order valence-corrected chi connectivity index (χ2v) is 8.18. The third-order valence-electron chi connectivity index (χ3n) is 5.90. The maximum absolute atomic E-state index is 12.9. The second kappa shape index (κ2) is 10.3. The number of benzene rings is 1. The lowest BCUT2D eigenvalue weighted by Gasteiger charge is -2.35. The number of hydrogen-bond acceptors (Lipinski definition) is 3. The summed E-state index contributed by atoms with van der Waals surface area (Å²) in [6.07, 6.45) is 1.50. The van der Waals surface area contributed by atoms with Crippen LogP contribution in [0.25, 0.3) is 0 Å². The number of nitrogens with zero attached hydrogens (tertiary/aromatic N) is 3. The van der Waals surface area contributed by atoms with Crippen LogP contribution in [0.2, 0.25) is 0 Å². The van der Waals surface area contributed by atoms with Gasteiger partial charge >= 0.3 is 6.18 Å². The number of aryl methyl sites for hydroxylation is 2. The molecule has 30 heavy (non-hydrogen) atoms. The normalized spacial score (nSPS) is 15.6. The van der Waals surface area contributed by atoms with Gasteiger partial charge in [-0.2, -0.15) is 13.2 Å². The molecule has 1 aromatic carbocycles. The van der Waals surface area contributed by atoms with Crippen LogP contribution in [0.1, 0.15) is 48.6 Å². The summed E-state index contributed by atoms with van der Waals surface area (Å²) in [5, 5.41) is 0. The molecule has 2 heterocycles. The quantitative estimate of drug-likeness (QED) is 0.526. The van der Waals surface area contributed by atoms with E-state index in [9.17, 15) is 13.2 Å². The molecule has 0 unspecified atom stereocenters. The summed E-state index contributed by atoms with van der Waals surface area (Å²) in [4.78, 5) is 8.15. The van der Waals surface area contributed by atoms with Crippen molar-refractivity contribution < 1.29 is 13.2 Å². The Morgan fingerprint density at radius 3 is 2.43 bits per heavy atom. The Hall–Kier alpha value is -2.08. The van der Waals surface area contributed by atoms with Gasteiger partial charge in [-0.1, -0.05) is 44.0 Å². The molecule has 0 N–H and O–H groups in total. The van der Waals surface area contributed by atoms with Crippen molar-refractivity contribution in [3.8, 4) is 0 Å². The smallest absolute Gasteiger partial charge is 0.354 e. The average Bonchev–Trinajstić information content (AvgIpc) is 2.74. The van der Waals surface area contributed by atoms with Crippen molar-refractivity contribution in [3.05, 3.63) is 58.8 Å². The molecule has 0 spiro atoms. The van der Waals surface area contributed by atoms with Crippen LogP contribution in [-0.2, 0) is 19.0 Å². The van der Waals surface area contributed by atoms with Gasteiger partial charge in [-0.15, -0.1) is 0 Å². The van der Waals surface area contributed by atoms with Crippen molar-refractivity contribution >= 4 is 5.82 Å². The highest BCUT2D eigenvalue weighted by Gasteiger charge is 2.33. The molecular formula is C24H32F3N3. The molecule has 0 saturated carbocycles. The van der Waals surface area contributed by atoms with Gasteiger partial charge in [0.25, 0.3) is 0 Å². The van der Waals surface area contributed by atoms with Crippen molar-refractivity contribution in [1.29, 1.82) is 0 Å². The van der Waals surface area contributed by atoms with Crippen molar-refractivity contribution in [1.82, 2.24) is 9.88 Å². The lowest BCUT2D eigenvalue weighted by Crippen LogP contribution is -2.47. The van der Waals surface area contributed by atoms with Crippen LogP contribution < -0.4 is 4.90 Å². The molecule has 1 aliphatic rings. The lowest BCUT2D eigenvalue weighted by atomic mass is 9.98. The van der Waals surface area contributed by atoms with Gasteiger partial charge in [-0.25, -0.2) is 4.98 Å². The van der Waals surface area contributed by atoms with Crippen LogP contribution in [-0.4, -0.2) is 42.6 Å². The maximum Gasteiger partial charge on any atom is 0.433 e. The van der Waals surface area contributed by atoms with Gasteiger partial charge in [0.2, 0.25) is 0 Å². The zero-order valence-corrected chi connectivity index (χ0v) is 18.0. The van der Waals surface area contributed by atoms with Crippen LogP contribution in [0.4, 0.5) is 19.0 Å². The Kier molecular flexibility index (Phi) is 7.75. The number of pyridine rings is 1. The van der Waals surface area contributed by atoms with E-state index in [4.69, 9.17) is 0 Å². The molecular weight excluding hydrogens is 387 g/mol. The van der Waals surface area contributed by atoms with Gasteiger partial charge in [0.1, 0.15) is 11.5 Å². The first-order valence-corrected chi connectivity index (χ1v) is 11.0. The summed E-state index contributed by atoms with van der Waals surface area (Å²) in [6.45, 7) is 8.47. The molecule has 0 radical (unpaired) electrons. The molecule has 1 saturated heterocycles. The summed E-state index contributed by atoms with van der Waals surface area (Å²) in [5.74, 6) is 0.416. The Morgan fingerprint density at radius 2 is 1.73 bits per heavy atom. The fraction of sp³-hybridized carbons (Fsp3) is 0.542. The first-order valence-electron chi connectivity index (χ1n) is 11.0. The van der Waals surface area contributed by atoms with Crippen LogP contribution in [0.15, 0.2) is 36.4 Å².